The molecule has 1 aliphatic rings. The first-order valence-electron chi connectivity index (χ1n) is 7.97. The van der Waals surface area contributed by atoms with E-state index in [2.05, 4.69) is 51.6 Å². The van der Waals surface area contributed by atoms with Crippen molar-refractivity contribution in [1.29, 1.82) is 0 Å². The number of nitrogens with one attached hydrogen (secondary N) is 1. The van der Waals surface area contributed by atoms with Gasteiger partial charge in [-0.3, -0.25) is 4.99 Å². The molecule has 5 nitrogen and oxygen atoms in total. The largest absolute Gasteiger partial charge is 0.354 e. The maximum absolute atomic E-state index is 4.53. The van der Waals surface area contributed by atoms with Gasteiger partial charge in [0.2, 0.25) is 0 Å². The predicted octanol–water partition coefficient (Wildman–Crippen LogP) is 2.33. The average Bonchev–Trinajstić information content (AvgIpc) is 3.09. The van der Waals surface area contributed by atoms with E-state index in [0.717, 1.165) is 29.8 Å². The van der Waals surface area contributed by atoms with Gasteiger partial charge in [0, 0.05) is 31.6 Å². The van der Waals surface area contributed by atoms with E-state index < -0.39 is 0 Å². The summed E-state index contributed by atoms with van der Waals surface area (Å²) in [6.45, 7) is 3.79. The Morgan fingerprint density at radius 2 is 2.05 bits per heavy atom. The SMILES string of the molecule is CN=C(NCC1(N(C)C)CCCC1)N(C)Cc1csc(C)n1. The van der Waals surface area contributed by atoms with Crippen LogP contribution in [0.2, 0.25) is 0 Å². The summed E-state index contributed by atoms with van der Waals surface area (Å²) in [5.41, 5.74) is 1.38. The second kappa shape index (κ2) is 7.42. The van der Waals surface area contributed by atoms with Crippen LogP contribution in [0, 0.1) is 6.92 Å². The molecular formula is C16H29N5S. The van der Waals surface area contributed by atoms with Gasteiger partial charge in [-0.25, -0.2) is 4.98 Å². The van der Waals surface area contributed by atoms with Crippen LogP contribution in [-0.2, 0) is 6.54 Å². The smallest absolute Gasteiger partial charge is 0.193 e. The summed E-state index contributed by atoms with van der Waals surface area (Å²) in [7, 11) is 8.30. The van der Waals surface area contributed by atoms with Crippen LogP contribution in [0.25, 0.3) is 0 Å². The molecule has 2 rings (SSSR count). The maximum atomic E-state index is 4.53. The number of hydrogen-bond acceptors (Lipinski definition) is 4. The molecule has 124 valence electrons. The molecule has 1 aromatic rings. The Labute approximate surface area is 138 Å². The molecule has 0 aromatic carbocycles. The van der Waals surface area contributed by atoms with Gasteiger partial charge < -0.3 is 15.1 Å². The van der Waals surface area contributed by atoms with E-state index in [-0.39, 0.29) is 5.54 Å². The van der Waals surface area contributed by atoms with Crippen molar-refractivity contribution in [3.8, 4) is 0 Å². The molecule has 1 N–H and O–H groups in total. The van der Waals surface area contributed by atoms with Crippen molar-refractivity contribution in [3.63, 3.8) is 0 Å². The van der Waals surface area contributed by atoms with Crippen molar-refractivity contribution in [3.05, 3.63) is 16.1 Å². The molecule has 1 saturated carbocycles. The zero-order valence-corrected chi connectivity index (χ0v) is 15.3. The van der Waals surface area contributed by atoms with Crippen LogP contribution in [0.15, 0.2) is 10.4 Å². The number of thiazole rings is 1. The number of aliphatic imine (C=N–C) groups is 1. The Morgan fingerprint density at radius 1 is 1.36 bits per heavy atom. The van der Waals surface area contributed by atoms with Gasteiger partial charge in [0.1, 0.15) is 0 Å². The Morgan fingerprint density at radius 3 is 2.55 bits per heavy atom. The third kappa shape index (κ3) is 3.98. The van der Waals surface area contributed by atoms with Gasteiger partial charge in [0.15, 0.2) is 5.96 Å². The topological polar surface area (TPSA) is 43.8 Å². The van der Waals surface area contributed by atoms with Crippen molar-refractivity contribution in [2.24, 2.45) is 4.99 Å². The molecule has 0 spiro atoms. The Kier molecular flexibility index (Phi) is 5.81. The van der Waals surface area contributed by atoms with Crippen LogP contribution in [0.1, 0.15) is 36.4 Å². The van der Waals surface area contributed by atoms with Gasteiger partial charge in [0.05, 0.1) is 17.2 Å². The highest BCUT2D eigenvalue weighted by molar-refractivity contribution is 7.09. The molecule has 0 radical (unpaired) electrons. The van der Waals surface area contributed by atoms with Crippen molar-refractivity contribution in [1.82, 2.24) is 20.1 Å². The van der Waals surface area contributed by atoms with Crippen LogP contribution in [-0.4, -0.2) is 61.0 Å². The minimum absolute atomic E-state index is 0.272. The minimum atomic E-state index is 0.272. The van der Waals surface area contributed by atoms with Crippen molar-refractivity contribution in [2.75, 3.05) is 34.7 Å². The molecule has 0 amide bonds. The zero-order chi connectivity index (χ0) is 16.2. The third-order valence-electron chi connectivity index (χ3n) is 4.70. The average molecular weight is 324 g/mol. The summed E-state index contributed by atoms with van der Waals surface area (Å²) in [6, 6.07) is 0. The molecule has 1 aromatic heterocycles. The van der Waals surface area contributed by atoms with E-state index in [1.807, 2.05) is 14.0 Å². The van der Waals surface area contributed by atoms with Crippen LogP contribution in [0.4, 0.5) is 0 Å². The fourth-order valence-corrected chi connectivity index (χ4v) is 3.85. The van der Waals surface area contributed by atoms with Gasteiger partial charge in [-0.15, -0.1) is 11.3 Å². The summed E-state index contributed by atoms with van der Waals surface area (Å²) in [4.78, 5) is 13.5. The minimum Gasteiger partial charge on any atom is -0.354 e. The highest BCUT2D eigenvalue weighted by Gasteiger charge is 2.36. The molecule has 0 unspecified atom stereocenters. The number of aryl methyl sites for hydroxylation is 1. The molecule has 1 fully saturated rings. The summed E-state index contributed by atoms with van der Waals surface area (Å²) in [6.07, 6.45) is 5.18. The van der Waals surface area contributed by atoms with Gasteiger partial charge in [-0.05, 0) is 33.9 Å². The highest BCUT2D eigenvalue weighted by Crippen LogP contribution is 2.33. The quantitative estimate of drug-likeness (QED) is 0.667. The van der Waals surface area contributed by atoms with Gasteiger partial charge in [-0.1, -0.05) is 12.8 Å². The molecule has 0 bridgehead atoms. The lowest BCUT2D eigenvalue weighted by molar-refractivity contribution is 0.159. The standard InChI is InChI=1S/C16H29N5S/c1-13-19-14(11-22-13)10-21(5)15(17-2)18-12-16(20(3)4)8-6-7-9-16/h11H,6-10,12H2,1-5H3,(H,17,18). The lowest BCUT2D eigenvalue weighted by Crippen LogP contribution is -2.53. The first-order valence-corrected chi connectivity index (χ1v) is 8.85. The predicted molar refractivity (Wildman–Crippen MR) is 94.6 cm³/mol. The van der Waals surface area contributed by atoms with Gasteiger partial charge >= 0.3 is 0 Å². The molecule has 22 heavy (non-hydrogen) atoms. The fraction of sp³-hybridized carbons (Fsp3) is 0.750. The Balaban J connectivity index is 1.94. The first-order chi connectivity index (χ1) is 10.5. The second-order valence-corrected chi connectivity index (χ2v) is 7.50. The summed E-state index contributed by atoms with van der Waals surface area (Å²) in [5.74, 6) is 0.943. The third-order valence-corrected chi connectivity index (χ3v) is 5.52. The fourth-order valence-electron chi connectivity index (χ4n) is 3.24. The van der Waals surface area contributed by atoms with Crippen molar-refractivity contribution in [2.45, 2.75) is 44.7 Å². The molecule has 0 aliphatic heterocycles. The van der Waals surface area contributed by atoms with E-state index in [4.69, 9.17) is 0 Å². The lowest BCUT2D eigenvalue weighted by atomic mass is 9.96. The van der Waals surface area contributed by atoms with Crippen molar-refractivity contribution < 1.29 is 0 Å². The Hall–Kier alpha value is -1.14. The monoisotopic (exact) mass is 323 g/mol. The lowest BCUT2D eigenvalue weighted by Gasteiger charge is -2.37. The van der Waals surface area contributed by atoms with E-state index in [1.54, 1.807) is 11.3 Å². The van der Waals surface area contributed by atoms with E-state index >= 15 is 0 Å². The molecule has 0 atom stereocenters. The molecule has 1 heterocycles. The van der Waals surface area contributed by atoms with Crippen LogP contribution < -0.4 is 5.32 Å². The molecule has 6 heteroatoms. The normalized spacial score (nSPS) is 18.0. The van der Waals surface area contributed by atoms with Crippen molar-refractivity contribution >= 4 is 17.3 Å². The number of hydrogen-bond donors (Lipinski definition) is 1. The number of nitrogens with zero attached hydrogens (tertiary/aromatic N) is 4. The first kappa shape index (κ1) is 17.2. The number of aromatic nitrogens is 1. The number of rotatable bonds is 5. The van der Waals surface area contributed by atoms with E-state index in [1.165, 1.54) is 25.7 Å². The zero-order valence-electron chi connectivity index (χ0n) is 14.5. The highest BCUT2D eigenvalue weighted by atomic mass is 32.1. The maximum Gasteiger partial charge on any atom is 0.193 e. The van der Waals surface area contributed by atoms with E-state index in [9.17, 15) is 0 Å². The van der Waals surface area contributed by atoms with Gasteiger partial charge in [0.25, 0.3) is 0 Å². The number of likely N-dealkylation sites (N-methyl/N-ethyl adjacent to an activating group) is 1. The Bertz CT molecular complexity index is 502. The van der Waals surface area contributed by atoms with Crippen LogP contribution in [0.5, 0.6) is 0 Å². The summed E-state index contributed by atoms with van der Waals surface area (Å²) < 4.78 is 0. The van der Waals surface area contributed by atoms with Crippen LogP contribution in [0.3, 0.4) is 0 Å². The molecular weight excluding hydrogens is 294 g/mol. The van der Waals surface area contributed by atoms with E-state index in [0.29, 0.717) is 0 Å². The molecule has 1 aliphatic carbocycles. The second-order valence-electron chi connectivity index (χ2n) is 6.44. The van der Waals surface area contributed by atoms with Crippen LogP contribution >= 0.6 is 11.3 Å². The summed E-state index contributed by atoms with van der Waals surface area (Å²) in [5, 5.41) is 6.81. The number of guanidine groups is 1. The molecule has 0 saturated heterocycles. The van der Waals surface area contributed by atoms with Gasteiger partial charge in [-0.2, -0.15) is 0 Å². The summed E-state index contributed by atoms with van der Waals surface area (Å²) >= 11 is 1.70.